The van der Waals surface area contributed by atoms with Crippen LogP contribution in [0.3, 0.4) is 0 Å². The number of rotatable bonds is 7. The molecule has 25 heavy (non-hydrogen) atoms. The fraction of sp³-hybridized carbons (Fsp3) is 0.368. The zero-order chi connectivity index (χ0) is 17.8. The molecule has 0 fully saturated rings. The minimum absolute atomic E-state index is 0.0404. The molecular formula is C19H23FN4O. The molecule has 3 rings (SSSR count). The van der Waals surface area contributed by atoms with Gasteiger partial charge in [-0.2, -0.15) is 0 Å². The number of pyridine rings is 1. The Morgan fingerprint density at radius 3 is 2.84 bits per heavy atom. The van der Waals surface area contributed by atoms with Gasteiger partial charge in [0.15, 0.2) is 0 Å². The van der Waals surface area contributed by atoms with Crippen molar-refractivity contribution in [1.82, 2.24) is 19.9 Å². The summed E-state index contributed by atoms with van der Waals surface area (Å²) in [5, 5.41) is 0.703. The number of H-pyrrole nitrogens is 2. The van der Waals surface area contributed by atoms with Crippen LogP contribution in [-0.2, 0) is 0 Å². The van der Waals surface area contributed by atoms with Crippen molar-refractivity contribution in [2.24, 2.45) is 0 Å². The van der Waals surface area contributed by atoms with Gasteiger partial charge in [0.05, 0.1) is 6.20 Å². The van der Waals surface area contributed by atoms with E-state index in [4.69, 9.17) is 0 Å². The molecule has 0 saturated heterocycles. The summed E-state index contributed by atoms with van der Waals surface area (Å²) in [6.45, 7) is 5.62. The van der Waals surface area contributed by atoms with Crippen LogP contribution in [0.4, 0.5) is 4.39 Å². The Kier molecular flexibility index (Phi) is 5.16. The van der Waals surface area contributed by atoms with Crippen molar-refractivity contribution in [2.75, 3.05) is 13.1 Å². The fourth-order valence-corrected chi connectivity index (χ4v) is 3.04. The van der Waals surface area contributed by atoms with Crippen molar-refractivity contribution in [3.8, 4) is 11.1 Å². The lowest BCUT2D eigenvalue weighted by Gasteiger charge is -2.21. The van der Waals surface area contributed by atoms with Gasteiger partial charge in [-0.1, -0.05) is 20.3 Å². The quantitative estimate of drug-likeness (QED) is 0.670. The molecule has 0 saturated carbocycles. The Morgan fingerprint density at radius 1 is 1.24 bits per heavy atom. The molecule has 3 heterocycles. The number of aromatic amines is 2. The van der Waals surface area contributed by atoms with Crippen LogP contribution in [0.5, 0.6) is 0 Å². The second-order valence-electron chi connectivity index (χ2n) is 6.17. The van der Waals surface area contributed by atoms with E-state index >= 15 is 0 Å². The van der Waals surface area contributed by atoms with E-state index < -0.39 is 5.82 Å². The van der Waals surface area contributed by atoms with Crippen LogP contribution < -0.4 is 0 Å². The van der Waals surface area contributed by atoms with Crippen LogP contribution in [-0.4, -0.2) is 38.8 Å². The maximum Gasteiger partial charge on any atom is 0.270 e. The number of nitrogens with zero attached hydrogens (tertiary/aromatic N) is 2. The van der Waals surface area contributed by atoms with Crippen LogP contribution in [0.15, 0.2) is 30.7 Å². The Morgan fingerprint density at radius 2 is 2.08 bits per heavy atom. The molecule has 5 nitrogen and oxygen atoms in total. The van der Waals surface area contributed by atoms with Crippen LogP contribution in [0, 0.1) is 5.82 Å². The summed E-state index contributed by atoms with van der Waals surface area (Å²) < 4.78 is 14.4. The van der Waals surface area contributed by atoms with Gasteiger partial charge in [0.1, 0.15) is 17.2 Å². The Balaban J connectivity index is 1.92. The number of aromatic nitrogens is 3. The number of nitrogens with one attached hydrogen (secondary N) is 2. The zero-order valence-corrected chi connectivity index (χ0v) is 14.6. The molecular weight excluding hydrogens is 319 g/mol. The van der Waals surface area contributed by atoms with Gasteiger partial charge in [0.25, 0.3) is 5.91 Å². The van der Waals surface area contributed by atoms with Crippen molar-refractivity contribution < 1.29 is 9.18 Å². The number of hydrogen-bond acceptors (Lipinski definition) is 2. The van der Waals surface area contributed by atoms with E-state index in [0.29, 0.717) is 27.9 Å². The SMILES string of the molecule is CCCCN(CCC)C(=O)c1cc(-c2c(F)cnc3[nH]ccc23)c[nH]1. The Hall–Kier alpha value is -2.63. The maximum absolute atomic E-state index is 14.4. The lowest BCUT2D eigenvalue weighted by atomic mass is 10.1. The third-order valence-corrected chi connectivity index (χ3v) is 4.30. The van der Waals surface area contributed by atoms with Crippen LogP contribution in [0.1, 0.15) is 43.6 Å². The minimum Gasteiger partial charge on any atom is -0.357 e. The number of fused-ring (bicyclic) bond motifs is 1. The Labute approximate surface area is 146 Å². The average Bonchev–Trinajstić information content (AvgIpc) is 3.27. The lowest BCUT2D eigenvalue weighted by Crippen LogP contribution is -2.32. The average molecular weight is 342 g/mol. The van der Waals surface area contributed by atoms with E-state index in [1.54, 1.807) is 24.5 Å². The predicted octanol–water partition coefficient (Wildman–Crippen LogP) is 4.35. The van der Waals surface area contributed by atoms with E-state index in [2.05, 4.69) is 28.8 Å². The van der Waals surface area contributed by atoms with E-state index in [1.807, 2.05) is 4.90 Å². The number of halogens is 1. The summed E-state index contributed by atoms with van der Waals surface area (Å²) in [5.41, 5.74) is 2.22. The molecule has 0 aromatic carbocycles. The first-order chi connectivity index (χ1) is 12.2. The normalized spacial score (nSPS) is 11.2. The van der Waals surface area contributed by atoms with Crippen LogP contribution >= 0.6 is 0 Å². The molecule has 0 atom stereocenters. The number of carbonyl (C=O) groups excluding carboxylic acids is 1. The highest BCUT2D eigenvalue weighted by molar-refractivity contribution is 5.97. The summed E-state index contributed by atoms with van der Waals surface area (Å²) in [6, 6.07) is 3.52. The first-order valence-corrected chi connectivity index (χ1v) is 8.75. The van der Waals surface area contributed by atoms with Crippen LogP contribution in [0.2, 0.25) is 0 Å². The number of hydrogen-bond donors (Lipinski definition) is 2. The van der Waals surface area contributed by atoms with Gasteiger partial charge in [-0.05, 0) is 25.0 Å². The molecule has 0 aliphatic rings. The van der Waals surface area contributed by atoms with Gasteiger partial charge < -0.3 is 14.9 Å². The second kappa shape index (κ2) is 7.51. The number of amides is 1. The zero-order valence-electron chi connectivity index (χ0n) is 14.6. The predicted molar refractivity (Wildman–Crippen MR) is 96.9 cm³/mol. The largest absolute Gasteiger partial charge is 0.357 e. The first-order valence-electron chi connectivity index (χ1n) is 8.75. The molecule has 3 aromatic heterocycles. The molecule has 132 valence electrons. The monoisotopic (exact) mass is 342 g/mol. The highest BCUT2D eigenvalue weighted by atomic mass is 19.1. The van der Waals surface area contributed by atoms with Crippen molar-refractivity contribution >= 4 is 16.9 Å². The van der Waals surface area contributed by atoms with Crippen molar-refractivity contribution in [2.45, 2.75) is 33.1 Å². The van der Waals surface area contributed by atoms with E-state index in [-0.39, 0.29) is 5.91 Å². The third-order valence-electron chi connectivity index (χ3n) is 4.30. The highest BCUT2D eigenvalue weighted by Gasteiger charge is 2.19. The van der Waals surface area contributed by atoms with Gasteiger partial charge >= 0.3 is 0 Å². The first kappa shape index (κ1) is 17.2. The fourth-order valence-electron chi connectivity index (χ4n) is 3.04. The van der Waals surface area contributed by atoms with Gasteiger partial charge in [-0.25, -0.2) is 9.37 Å². The number of carbonyl (C=O) groups is 1. The molecule has 0 aliphatic carbocycles. The van der Waals surface area contributed by atoms with Crippen molar-refractivity contribution in [3.63, 3.8) is 0 Å². The topological polar surface area (TPSA) is 64.8 Å². The van der Waals surface area contributed by atoms with Gasteiger partial charge in [0.2, 0.25) is 0 Å². The summed E-state index contributed by atoms with van der Waals surface area (Å²) in [5.74, 6) is -0.442. The third kappa shape index (κ3) is 3.43. The number of unbranched alkanes of at least 4 members (excludes halogenated alkanes) is 1. The molecule has 0 bridgehead atoms. The minimum atomic E-state index is -0.401. The summed E-state index contributed by atoms with van der Waals surface area (Å²) in [6.07, 6.45) is 7.54. The van der Waals surface area contributed by atoms with E-state index in [1.165, 1.54) is 6.20 Å². The highest BCUT2D eigenvalue weighted by Crippen LogP contribution is 2.30. The summed E-state index contributed by atoms with van der Waals surface area (Å²) in [4.78, 5) is 24.7. The smallest absolute Gasteiger partial charge is 0.270 e. The van der Waals surface area contributed by atoms with Crippen molar-refractivity contribution in [3.05, 3.63) is 42.2 Å². The van der Waals surface area contributed by atoms with Gasteiger partial charge in [-0.3, -0.25) is 4.79 Å². The second-order valence-corrected chi connectivity index (χ2v) is 6.17. The van der Waals surface area contributed by atoms with E-state index in [9.17, 15) is 9.18 Å². The molecule has 0 radical (unpaired) electrons. The standard InChI is InChI=1S/C19H23FN4O/c1-3-5-9-24(8-4-2)19(25)16-10-13(11-22-16)17-14-6-7-21-18(14)23-12-15(17)20/h6-7,10-12,22H,3-5,8-9H2,1-2H3,(H,21,23). The van der Waals surface area contributed by atoms with Gasteiger partial charge in [0, 0.05) is 42.0 Å². The molecule has 6 heteroatoms. The van der Waals surface area contributed by atoms with Crippen molar-refractivity contribution in [1.29, 1.82) is 0 Å². The molecule has 3 aromatic rings. The molecule has 2 N–H and O–H groups in total. The summed E-state index contributed by atoms with van der Waals surface area (Å²) >= 11 is 0. The van der Waals surface area contributed by atoms with Gasteiger partial charge in [-0.15, -0.1) is 0 Å². The molecule has 0 spiro atoms. The molecule has 0 unspecified atom stereocenters. The van der Waals surface area contributed by atoms with Crippen LogP contribution in [0.25, 0.3) is 22.2 Å². The molecule has 0 aliphatic heterocycles. The molecule has 1 amide bonds. The lowest BCUT2D eigenvalue weighted by molar-refractivity contribution is 0.0748. The Bertz CT molecular complexity index is 867. The summed E-state index contributed by atoms with van der Waals surface area (Å²) in [7, 11) is 0. The van der Waals surface area contributed by atoms with E-state index in [0.717, 1.165) is 32.4 Å². The maximum atomic E-state index is 14.4.